The zero-order valence-electron chi connectivity index (χ0n) is 8.44. The number of benzene rings is 1. The van der Waals surface area contributed by atoms with Gasteiger partial charge in [-0.2, -0.15) is 0 Å². The van der Waals surface area contributed by atoms with Gasteiger partial charge in [0.2, 0.25) is 0 Å². The Labute approximate surface area is 93.6 Å². The Morgan fingerprint density at radius 3 is 3.00 bits per heavy atom. The summed E-state index contributed by atoms with van der Waals surface area (Å²) in [7, 11) is 0. The van der Waals surface area contributed by atoms with E-state index in [1.807, 2.05) is 13.0 Å². The lowest BCUT2D eigenvalue weighted by molar-refractivity contribution is -0.159. The van der Waals surface area contributed by atoms with Gasteiger partial charge in [0.1, 0.15) is 5.75 Å². The van der Waals surface area contributed by atoms with Crippen molar-refractivity contribution >= 4 is 11.6 Å². The number of phenolic OH excluding ortho intramolecular Hbond substituents is 1. The number of rotatable bonds is 2. The number of phenols is 1. The second kappa shape index (κ2) is 4.00. The molecule has 1 aliphatic heterocycles. The molecule has 2 unspecified atom stereocenters. The molecular weight excluding hydrogens is 216 g/mol. The van der Waals surface area contributed by atoms with E-state index in [4.69, 9.17) is 21.1 Å². The van der Waals surface area contributed by atoms with E-state index in [0.29, 0.717) is 12.5 Å². The predicted octanol–water partition coefficient (Wildman–Crippen LogP) is 2.22. The van der Waals surface area contributed by atoms with Gasteiger partial charge in [-0.25, -0.2) is 0 Å². The van der Waals surface area contributed by atoms with Gasteiger partial charge in [-0.05, 0) is 19.1 Å². The summed E-state index contributed by atoms with van der Waals surface area (Å²) in [6.07, 6.45) is -0.0842. The average Bonchev–Trinajstić information content (AvgIpc) is 2.62. The van der Waals surface area contributed by atoms with Crippen LogP contribution in [0.15, 0.2) is 24.3 Å². The van der Waals surface area contributed by atoms with Crippen molar-refractivity contribution in [2.45, 2.75) is 18.8 Å². The molecule has 0 aliphatic carbocycles. The fraction of sp³-hybridized carbons (Fsp3) is 0.455. The van der Waals surface area contributed by atoms with Gasteiger partial charge in [-0.3, -0.25) is 0 Å². The molecule has 1 aliphatic rings. The highest BCUT2D eigenvalue weighted by Gasteiger charge is 2.38. The Hall–Kier alpha value is -0.770. The fourth-order valence-electron chi connectivity index (χ4n) is 1.65. The second-order valence-corrected chi connectivity index (χ2v) is 4.01. The summed E-state index contributed by atoms with van der Waals surface area (Å²) in [5, 5.41) is 9.37. The van der Waals surface area contributed by atoms with Gasteiger partial charge in [-0.1, -0.05) is 12.1 Å². The van der Waals surface area contributed by atoms with E-state index in [9.17, 15) is 5.11 Å². The fourth-order valence-corrected chi connectivity index (χ4v) is 1.81. The molecule has 1 aromatic rings. The lowest BCUT2D eigenvalue weighted by atomic mass is 10.1. The largest absolute Gasteiger partial charge is 0.508 e. The molecule has 0 bridgehead atoms. The lowest BCUT2D eigenvalue weighted by Gasteiger charge is -2.23. The standard InChI is InChI=1S/C11H13ClO3/c1-11(14-7-10(6-12)15-11)8-3-2-4-9(13)5-8/h2-5,10,13H,6-7H2,1H3. The normalized spacial score (nSPS) is 30.7. The van der Waals surface area contributed by atoms with Crippen LogP contribution in [0, 0.1) is 0 Å². The van der Waals surface area contributed by atoms with Crippen LogP contribution in [0.25, 0.3) is 0 Å². The van der Waals surface area contributed by atoms with Gasteiger partial charge < -0.3 is 14.6 Å². The van der Waals surface area contributed by atoms with Gasteiger partial charge in [-0.15, -0.1) is 11.6 Å². The van der Waals surface area contributed by atoms with Crippen LogP contribution in [0.2, 0.25) is 0 Å². The molecule has 1 fully saturated rings. The van der Waals surface area contributed by atoms with E-state index >= 15 is 0 Å². The van der Waals surface area contributed by atoms with Crippen LogP contribution in [-0.2, 0) is 15.3 Å². The molecule has 2 rings (SSSR count). The Kier molecular flexibility index (Phi) is 2.87. The molecule has 3 nitrogen and oxygen atoms in total. The van der Waals surface area contributed by atoms with E-state index in [1.165, 1.54) is 0 Å². The minimum absolute atomic E-state index is 0.0842. The van der Waals surface area contributed by atoms with Crippen molar-refractivity contribution in [3.05, 3.63) is 29.8 Å². The van der Waals surface area contributed by atoms with Crippen LogP contribution in [-0.4, -0.2) is 23.7 Å². The van der Waals surface area contributed by atoms with Crippen molar-refractivity contribution < 1.29 is 14.6 Å². The topological polar surface area (TPSA) is 38.7 Å². The summed E-state index contributed by atoms with van der Waals surface area (Å²) in [6, 6.07) is 6.87. The first-order chi connectivity index (χ1) is 7.14. The molecule has 4 heteroatoms. The quantitative estimate of drug-likeness (QED) is 0.789. The molecule has 0 spiro atoms. The maximum atomic E-state index is 9.37. The summed E-state index contributed by atoms with van der Waals surface area (Å²) in [6.45, 7) is 2.31. The smallest absolute Gasteiger partial charge is 0.192 e. The number of ether oxygens (including phenoxy) is 2. The van der Waals surface area contributed by atoms with Crippen LogP contribution >= 0.6 is 11.6 Å². The van der Waals surface area contributed by atoms with Crippen molar-refractivity contribution in [3.63, 3.8) is 0 Å². The summed E-state index contributed by atoms with van der Waals surface area (Å²) >= 11 is 5.70. The first-order valence-corrected chi connectivity index (χ1v) is 5.35. The van der Waals surface area contributed by atoms with Crippen molar-refractivity contribution in [2.75, 3.05) is 12.5 Å². The predicted molar refractivity (Wildman–Crippen MR) is 57.0 cm³/mol. The van der Waals surface area contributed by atoms with Crippen LogP contribution in [0.3, 0.4) is 0 Å². The van der Waals surface area contributed by atoms with Gasteiger partial charge in [0.05, 0.1) is 18.6 Å². The molecule has 1 N–H and O–H groups in total. The van der Waals surface area contributed by atoms with E-state index in [-0.39, 0.29) is 11.9 Å². The molecule has 0 aromatic heterocycles. The molecule has 0 saturated carbocycles. The number of hydrogen-bond acceptors (Lipinski definition) is 3. The SMILES string of the molecule is CC1(c2cccc(O)c2)OCC(CCl)O1. The molecule has 2 atom stereocenters. The van der Waals surface area contributed by atoms with Crippen molar-refractivity contribution in [2.24, 2.45) is 0 Å². The van der Waals surface area contributed by atoms with Gasteiger partial charge in [0.25, 0.3) is 0 Å². The number of halogens is 1. The number of hydrogen-bond donors (Lipinski definition) is 1. The van der Waals surface area contributed by atoms with Crippen molar-refractivity contribution in [3.8, 4) is 5.75 Å². The Bertz CT molecular complexity index is 355. The third kappa shape index (κ3) is 2.09. The van der Waals surface area contributed by atoms with E-state index < -0.39 is 5.79 Å². The van der Waals surface area contributed by atoms with Gasteiger partial charge in [0, 0.05) is 5.56 Å². The van der Waals surface area contributed by atoms with Crippen molar-refractivity contribution in [1.82, 2.24) is 0 Å². The molecule has 1 heterocycles. The van der Waals surface area contributed by atoms with Crippen LogP contribution < -0.4 is 0 Å². The Balaban J connectivity index is 2.23. The van der Waals surface area contributed by atoms with Crippen molar-refractivity contribution in [1.29, 1.82) is 0 Å². The maximum Gasteiger partial charge on any atom is 0.192 e. The summed E-state index contributed by atoms with van der Waals surface area (Å²) in [4.78, 5) is 0. The average molecular weight is 229 g/mol. The van der Waals surface area contributed by atoms with Crippen LogP contribution in [0.5, 0.6) is 5.75 Å². The highest BCUT2D eigenvalue weighted by atomic mass is 35.5. The Morgan fingerprint density at radius 2 is 2.40 bits per heavy atom. The molecule has 82 valence electrons. The highest BCUT2D eigenvalue weighted by molar-refractivity contribution is 6.18. The van der Waals surface area contributed by atoms with Gasteiger partial charge >= 0.3 is 0 Å². The van der Waals surface area contributed by atoms with Gasteiger partial charge in [0.15, 0.2) is 5.79 Å². The lowest BCUT2D eigenvalue weighted by Crippen LogP contribution is -2.24. The first-order valence-electron chi connectivity index (χ1n) is 4.81. The number of aromatic hydroxyl groups is 1. The Morgan fingerprint density at radius 1 is 1.60 bits per heavy atom. The van der Waals surface area contributed by atoms with E-state index in [0.717, 1.165) is 5.56 Å². The highest BCUT2D eigenvalue weighted by Crippen LogP contribution is 2.35. The van der Waals surface area contributed by atoms with E-state index in [2.05, 4.69) is 0 Å². The minimum atomic E-state index is -0.793. The minimum Gasteiger partial charge on any atom is -0.508 e. The maximum absolute atomic E-state index is 9.37. The summed E-state index contributed by atoms with van der Waals surface area (Å²) < 4.78 is 11.2. The third-order valence-electron chi connectivity index (χ3n) is 2.48. The molecule has 0 radical (unpaired) electrons. The van der Waals surface area contributed by atoms with Crippen LogP contribution in [0.1, 0.15) is 12.5 Å². The van der Waals surface area contributed by atoms with E-state index in [1.54, 1.807) is 18.2 Å². The molecule has 1 saturated heterocycles. The molecular formula is C11H13ClO3. The molecule has 0 amide bonds. The molecule has 15 heavy (non-hydrogen) atoms. The summed E-state index contributed by atoms with van der Waals surface area (Å²) in [5.41, 5.74) is 0.801. The third-order valence-corrected chi connectivity index (χ3v) is 2.82. The molecule has 1 aromatic carbocycles. The number of alkyl halides is 1. The zero-order valence-corrected chi connectivity index (χ0v) is 9.20. The van der Waals surface area contributed by atoms with Crippen LogP contribution in [0.4, 0.5) is 0 Å². The second-order valence-electron chi connectivity index (χ2n) is 3.70. The zero-order chi connectivity index (χ0) is 10.9. The first kappa shape index (κ1) is 10.7. The monoisotopic (exact) mass is 228 g/mol. The summed E-state index contributed by atoms with van der Waals surface area (Å²) in [5.74, 6) is -0.178.